The third-order valence-electron chi connectivity index (χ3n) is 6.60. The molecular weight excluding hydrogens is 552 g/mol. The molecule has 1 fully saturated rings. The molecular formula is C34H25ClN2O3S. The first-order valence-corrected chi connectivity index (χ1v) is 14.2. The highest BCUT2D eigenvalue weighted by Gasteiger charge is 2.34. The Bertz CT molecular complexity index is 1780. The molecule has 7 heteroatoms. The second kappa shape index (κ2) is 11.9. The summed E-state index contributed by atoms with van der Waals surface area (Å²) in [5.41, 5.74) is 3.28. The van der Waals surface area contributed by atoms with Crippen molar-refractivity contribution in [2.24, 2.45) is 4.99 Å². The second-order valence-electron chi connectivity index (χ2n) is 9.28. The van der Waals surface area contributed by atoms with Crippen LogP contribution in [0.2, 0.25) is 5.02 Å². The van der Waals surface area contributed by atoms with Gasteiger partial charge in [0, 0.05) is 0 Å². The number of amidine groups is 1. The molecule has 1 aliphatic rings. The van der Waals surface area contributed by atoms with E-state index < -0.39 is 0 Å². The summed E-state index contributed by atoms with van der Waals surface area (Å²) in [4.78, 5) is 20.6. The summed E-state index contributed by atoms with van der Waals surface area (Å²) in [6.07, 6.45) is 1.80. The minimum absolute atomic E-state index is 0.165. The number of ether oxygens (including phenoxy) is 2. The van der Waals surface area contributed by atoms with Crippen LogP contribution in [0.25, 0.3) is 16.8 Å². The van der Waals surface area contributed by atoms with Crippen LogP contribution in [0.1, 0.15) is 11.1 Å². The molecule has 202 valence electrons. The first-order valence-electron chi connectivity index (χ1n) is 13.0. The third-order valence-corrected chi connectivity index (χ3v) is 7.85. The molecule has 6 rings (SSSR count). The van der Waals surface area contributed by atoms with Crippen molar-refractivity contribution >= 4 is 62.7 Å². The number of hydrogen-bond donors (Lipinski definition) is 0. The summed E-state index contributed by atoms with van der Waals surface area (Å²) in [6, 6.07) is 37.0. The number of aliphatic imine (C=N–C) groups is 1. The van der Waals surface area contributed by atoms with E-state index in [9.17, 15) is 4.79 Å². The summed E-state index contributed by atoms with van der Waals surface area (Å²) in [5, 5.41) is 3.24. The Morgan fingerprint density at radius 2 is 1.59 bits per heavy atom. The van der Waals surface area contributed by atoms with Crippen LogP contribution in [0.3, 0.4) is 0 Å². The number of rotatable bonds is 7. The van der Waals surface area contributed by atoms with Crippen molar-refractivity contribution in [3.63, 3.8) is 0 Å². The monoisotopic (exact) mass is 576 g/mol. The number of methoxy groups -OCH3 is 1. The van der Waals surface area contributed by atoms with Crippen LogP contribution in [-0.4, -0.2) is 18.2 Å². The smallest absolute Gasteiger partial charge is 0.271 e. The van der Waals surface area contributed by atoms with Gasteiger partial charge in [-0.1, -0.05) is 90.5 Å². The molecule has 5 nitrogen and oxygen atoms in total. The number of carbonyl (C=O) groups excluding carboxylic acids is 1. The predicted molar refractivity (Wildman–Crippen MR) is 169 cm³/mol. The zero-order valence-electron chi connectivity index (χ0n) is 22.2. The molecule has 5 aromatic carbocycles. The van der Waals surface area contributed by atoms with E-state index in [0.717, 1.165) is 27.7 Å². The minimum Gasteiger partial charge on any atom is -0.493 e. The fourth-order valence-corrected chi connectivity index (χ4v) is 5.92. The van der Waals surface area contributed by atoms with Crippen LogP contribution < -0.4 is 14.4 Å². The maximum absolute atomic E-state index is 13.7. The number of benzene rings is 5. The Labute approximate surface area is 247 Å². The molecule has 0 atom stereocenters. The second-order valence-corrected chi connectivity index (χ2v) is 10.7. The molecule has 1 heterocycles. The molecule has 41 heavy (non-hydrogen) atoms. The van der Waals surface area contributed by atoms with Crippen molar-refractivity contribution in [1.82, 2.24) is 0 Å². The van der Waals surface area contributed by atoms with Gasteiger partial charge in [-0.05, 0) is 76.1 Å². The van der Waals surface area contributed by atoms with Gasteiger partial charge in [0.15, 0.2) is 16.7 Å². The third kappa shape index (κ3) is 5.71. The summed E-state index contributed by atoms with van der Waals surface area (Å²) in [6.45, 7) is 0.331. The molecule has 1 aliphatic heterocycles. The number of para-hydroxylation sites is 2. The van der Waals surface area contributed by atoms with Crippen molar-refractivity contribution in [3.8, 4) is 11.5 Å². The van der Waals surface area contributed by atoms with E-state index in [2.05, 4.69) is 18.2 Å². The van der Waals surface area contributed by atoms with Crippen molar-refractivity contribution in [2.75, 3.05) is 12.0 Å². The fraction of sp³-hybridized carbons (Fsp3) is 0.0588. The van der Waals surface area contributed by atoms with Gasteiger partial charge in [0.1, 0.15) is 6.61 Å². The topological polar surface area (TPSA) is 51.1 Å². The number of anilines is 1. The van der Waals surface area contributed by atoms with Gasteiger partial charge in [-0.25, -0.2) is 4.99 Å². The summed E-state index contributed by atoms with van der Waals surface area (Å²) < 4.78 is 11.8. The molecule has 0 spiro atoms. The van der Waals surface area contributed by atoms with Gasteiger partial charge >= 0.3 is 0 Å². The van der Waals surface area contributed by atoms with E-state index in [1.54, 1.807) is 24.2 Å². The van der Waals surface area contributed by atoms with Crippen LogP contribution in [-0.2, 0) is 11.4 Å². The molecule has 0 bridgehead atoms. The molecule has 0 aromatic heterocycles. The number of nitrogens with zero attached hydrogens (tertiary/aromatic N) is 2. The fourth-order valence-electron chi connectivity index (χ4n) is 4.65. The maximum Gasteiger partial charge on any atom is 0.271 e. The van der Waals surface area contributed by atoms with Gasteiger partial charge in [0.25, 0.3) is 5.91 Å². The first-order chi connectivity index (χ1) is 20.1. The van der Waals surface area contributed by atoms with Crippen molar-refractivity contribution in [2.45, 2.75) is 6.61 Å². The molecule has 1 amide bonds. The van der Waals surface area contributed by atoms with Gasteiger partial charge in [0.05, 0.1) is 28.4 Å². The summed E-state index contributed by atoms with van der Waals surface area (Å²) >= 11 is 8.04. The maximum atomic E-state index is 13.7. The largest absolute Gasteiger partial charge is 0.493 e. The van der Waals surface area contributed by atoms with Crippen LogP contribution in [0.5, 0.6) is 11.5 Å². The first kappa shape index (κ1) is 26.7. The van der Waals surface area contributed by atoms with Crippen molar-refractivity contribution in [1.29, 1.82) is 0 Å². The minimum atomic E-state index is -0.165. The Morgan fingerprint density at radius 3 is 2.37 bits per heavy atom. The van der Waals surface area contributed by atoms with Crippen LogP contribution in [0, 0.1) is 0 Å². The predicted octanol–water partition coefficient (Wildman–Crippen LogP) is 8.89. The Kier molecular flexibility index (Phi) is 7.76. The zero-order valence-corrected chi connectivity index (χ0v) is 23.7. The molecule has 0 unspecified atom stereocenters. The Morgan fingerprint density at radius 1 is 0.878 bits per heavy atom. The number of thioether (sulfide) groups is 1. The van der Waals surface area contributed by atoms with Gasteiger partial charge in [0.2, 0.25) is 0 Å². The molecule has 1 saturated heterocycles. The Hall–Kier alpha value is -4.52. The highest BCUT2D eigenvalue weighted by atomic mass is 35.5. The lowest BCUT2D eigenvalue weighted by Gasteiger charge is -2.15. The van der Waals surface area contributed by atoms with E-state index in [-0.39, 0.29) is 5.91 Å². The Balaban J connectivity index is 1.31. The molecule has 0 radical (unpaired) electrons. The van der Waals surface area contributed by atoms with E-state index in [0.29, 0.717) is 38.8 Å². The van der Waals surface area contributed by atoms with Gasteiger partial charge in [-0.3, -0.25) is 9.69 Å². The van der Waals surface area contributed by atoms with Crippen LogP contribution in [0.4, 0.5) is 11.4 Å². The molecule has 0 aliphatic carbocycles. The number of hydrogen-bond acceptors (Lipinski definition) is 5. The van der Waals surface area contributed by atoms with Gasteiger partial charge in [-0.2, -0.15) is 0 Å². The average Bonchev–Trinajstić information content (AvgIpc) is 3.30. The number of amides is 1. The van der Waals surface area contributed by atoms with E-state index in [4.69, 9.17) is 26.1 Å². The molecule has 5 aromatic rings. The highest BCUT2D eigenvalue weighted by molar-refractivity contribution is 8.19. The lowest BCUT2D eigenvalue weighted by Crippen LogP contribution is -2.28. The summed E-state index contributed by atoms with van der Waals surface area (Å²) in [5.74, 6) is 0.771. The van der Waals surface area contributed by atoms with Gasteiger partial charge in [-0.15, -0.1) is 0 Å². The number of halogens is 1. The zero-order chi connectivity index (χ0) is 28.2. The lowest BCUT2D eigenvalue weighted by molar-refractivity contribution is -0.113. The number of carbonyl (C=O) groups is 1. The summed E-state index contributed by atoms with van der Waals surface area (Å²) in [7, 11) is 1.57. The SMILES string of the molecule is COc1cc(/C=C2/SC(=Nc3ccccc3)N(c3ccccc3)C2=O)cc(Cl)c1OCc1cccc2ccccc12. The van der Waals surface area contributed by atoms with Crippen LogP contribution in [0.15, 0.2) is 125 Å². The lowest BCUT2D eigenvalue weighted by atomic mass is 10.1. The standard InChI is InChI=1S/C34H25ClN2O3S/c1-39-30-20-23(19-29(35)32(30)40-22-25-13-10-12-24-11-8-9-18-28(24)25)21-31-33(38)37(27-16-6-3-7-17-27)34(41-31)36-26-14-4-2-5-15-26/h2-21H,22H2,1H3/b31-21+,36-34?. The quantitative estimate of drug-likeness (QED) is 0.182. The molecule has 0 saturated carbocycles. The van der Waals surface area contributed by atoms with Crippen molar-refractivity contribution in [3.05, 3.63) is 136 Å². The average molecular weight is 577 g/mol. The van der Waals surface area contributed by atoms with E-state index in [1.165, 1.54) is 11.8 Å². The van der Waals surface area contributed by atoms with Gasteiger partial charge < -0.3 is 9.47 Å². The normalized spacial score (nSPS) is 15.2. The highest BCUT2D eigenvalue weighted by Crippen LogP contribution is 2.41. The van der Waals surface area contributed by atoms with E-state index in [1.807, 2.05) is 91.0 Å². The molecule has 0 N–H and O–H groups in total. The van der Waals surface area contributed by atoms with E-state index >= 15 is 0 Å². The van der Waals surface area contributed by atoms with Crippen LogP contribution >= 0.6 is 23.4 Å². The van der Waals surface area contributed by atoms with Crippen molar-refractivity contribution < 1.29 is 14.3 Å². The number of fused-ring (bicyclic) bond motifs is 1.